The van der Waals surface area contributed by atoms with Gasteiger partial charge in [-0.05, 0) is 58.7 Å². The van der Waals surface area contributed by atoms with Gasteiger partial charge in [-0.2, -0.15) is 5.10 Å². The minimum atomic E-state index is 0.732. The van der Waals surface area contributed by atoms with Crippen molar-refractivity contribution >= 4 is 0 Å². The third-order valence-electron chi connectivity index (χ3n) is 4.91. The molecule has 112 valence electrons. The van der Waals surface area contributed by atoms with Crippen LogP contribution in [0.15, 0.2) is 6.07 Å². The van der Waals surface area contributed by atoms with E-state index in [1.165, 1.54) is 50.9 Å². The van der Waals surface area contributed by atoms with Crippen LogP contribution in [0.25, 0.3) is 0 Å². The maximum absolute atomic E-state index is 4.53. The summed E-state index contributed by atoms with van der Waals surface area (Å²) in [6.07, 6.45) is 6.73. The van der Waals surface area contributed by atoms with Crippen LogP contribution in [0.5, 0.6) is 0 Å². The molecular weight excluding hydrogens is 248 g/mol. The summed E-state index contributed by atoms with van der Waals surface area (Å²) in [6, 6.07) is 3.71. The molecule has 4 heteroatoms. The Hall–Kier alpha value is -0.870. The summed E-state index contributed by atoms with van der Waals surface area (Å²) < 4.78 is 2.14. The highest BCUT2D eigenvalue weighted by Crippen LogP contribution is 2.26. The van der Waals surface area contributed by atoms with E-state index in [1.54, 1.807) is 0 Å². The zero-order valence-electron chi connectivity index (χ0n) is 12.9. The monoisotopic (exact) mass is 276 g/mol. The van der Waals surface area contributed by atoms with Gasteiger partial charge in [-0.15, -0.1) is 0 Å². The van der Waals surface area contributed by atoms with Gasteiger partial charge in [0, 0.05) is 30.9 Å². The maximum atomic E-state index is 4.53. The Morgan fingerprint density at radius 1 is 1.25 bits per heavy atom. The van der Waals surface area contributed by atoms with Crippen LogP contribution in [0, 0.1) is 13.8 Å². The number of rotatable bonds is 5. The van der Waals surface area contributed by atoms with Crippen LogP contribution in [0.2, 0.25) is 0 Å². The third-order valence-corrected chi connectivity index (χ3v) is 4.91. The summed E-state index contributed by atoms with van der Waals surface area (Å²) in [4.78, 5) is 2.70. The van der Waals surface area contributed by atoms with E-state index in [4.69, 9.17) is 0 Å². The predicted octanol–water partition coefficient (Wildman–Crippen LogP) is 2.11. The van der Waals surface area contributed by atoms with Gasteiger partial charge in [0.1, 0.15) is 0 Å². The molecular formula is C16H28N4. The van der Waals surface area contributed by atoms with Crippen LogP contribution in [-0.4, -0.2) is 46.4 Å². The number of nitrogens with zero attached hydrogens (tertiary/aromatic N) is 3. The molecule has 3 rings (SSSR count). The Morgan fingerprint density at radius 3 is 2.95 bits per heavy atom. The molecule has 2 aliphatic heterocycles. The van der Waals surface area contributed by atoms with Crippen molar-refractivity contribution in [3.63, 3.8) is 0 Å². The van der Waals surface area contributed by atoms with Crippen molar-refractivity contribution in [2.45, 2.75) is 64.6 Å². The van der Waals surface area contributed by atoms with Gasteiger partial charge >= 0.3 is 0 Å². The van der Waals surface area contributed by atoms with Crippen molar-refractivity contribution in [2.75, 3.05) is 19.6 Å². The van der Waals surface area contributed by atoms with E-state index >= 15 is 0 Å². The molecule has 20 heavy (non-hydrogen) atoms. The second-order valence-corrected chi connectivity index (χ2v) is 6.45. The fourth-order valence-corrected chi connectivity index (χ4v) is 3.90. The molecule has 4 nitrogen and oxygen atoms in total. The number of hydrogen-bond acceptors (Lipinski definition) is 3. The van der Waals surface area contributed by atoms with E-state index in [0.717, 1.165) is 30.9 Å². The summed E-state index contributed by atoms with van der Waals surface area (Å²) in [7, 11) is 0. The van der Waals surface area contributed by atoms with Crippen molar-refractivity contribution in [3.8, 4) is 0 Å². The smallest absolute Gasteiger partial charge is 0.0596 e. The summed E-state index contributed by atoms with van der Waals surface area (Å²) >= 11 is 0. The van der Waals surface area contributed by atoms with Gasteiger partial charge in [0.05, 0.1) is 5.69 Å². The minimum Gasteiger partial charge on any atom is -0.312 e. The van der Waals surface area contributed by atoms with Gasteiger partial charge < -0.3 is 5.32 Å². The first-order valence-electron chi connectivity index (χ1n) is 8.22. The van der Waals surface area contributed by atoms with Crippen LogP contribution in [0.3, 0.4) is 0 Å². The number of hydrogen-bond donors (Lipinski definition) is 1. The molecule has 0 spiro atoms. The van der Waals surface area contributed by atoms with Crippen molar-refractivity contribution in [1.82, 2.24) is 20.0 Å². The molecule has 0 aliphatic carbocycles. The van der Waals surface area contributed by atoms with Gasteiger partial charge in [-0.3, -0.25) is 9.58 Å². The molecule has 0 amide bonds. The number of nitrogens with one attached hydrogen (secondary N) is 1. The van der Waals surface area contributed by atoms with Crippen LogP contribution in [0.4, 0.5) is 0 Å². The molecule has 0 aromatic carbocycles. The molecule has 0 saturated carbocycles. The summed E-state index contributed by atoms with van der Waals surface area (Å²) in [5.41, 5.74) is 2.41. The Balaban J connectivity index is 1.41. The van der Waals surface area contributed by atoms with Gasteiger partial charge in [0.2, 0.25) is 0 Å². The van der Waals surface area contributed by atoms with Crippen LogP contribution in [0.1, 0.15) is 43.5 Å². The zero-order valence-corrected chi connectivity index (χ0v) is 12.9. The first kappa shape index (κ1) is 14.1. The van der Waals surface area contributed by atoms with E-state index in [9.17, 15) is 0 Å². The lowest BCUT2D eigenvalue weighted by molar-refractivity contribution is 0.180. The molecule has 2 unspecified atom stereocenters. The molecule has 2 fully saturated rings. The average molecular weight is 276 g/mol. The molecule has 2 saturated heterocycles. The quantitative estimate of drug-likeness (QED) is 0.836. The fraction of sp³-hybridized carbons (Fsp3) is 0.812. The maximum Gasteiger partial charge on any atom is 0.0596 e. The molecule has 1 aromatic rings. The van der Waals surface area contributed by atoms with Crippen molar-refractivity contribution in [2.24, 2.45) is 0 Å². The van der Waals surface area contributed by atoms with Crippen molar-refractivity contribution in [1.29, 1.82) is 0 Å². The first-order valence-corrected chi connectivity index (χ1v) is 8.22. The van der Waals surface area contributed by atoms with E-state index in [0.29, 0.717) is 0 Å². The molecule has 2 aliphatic rings. The highest BCUT2D eigenvalue weighted by Gasteiger charge is 2.34. The van der Waals surface area contributed by atoms with E-state index in [1.807, 2.05) is 0 Å². The first-order chi connectivity index (χ1) is 9.74. The van der Waals surface area contributed by atoms with Crippen molar-refractivity contribution in [3.05, 3.63) is 17.5 Å². The molecule has 0 bridgehead atoms. The van der Waals surface area contributed by atoms with Crippen LogP contribution >= 0.6 is 0 Å². The third kappa shape index (κ3) is 3.07. The summed E-state index contributed by atoms with van der Waals surface area (Å²) in [6.45, 7) is 9.00. The second-order valence-electron chi connectivity index (χ2n) is 6.45. The van der Waals surface area contributed by atoms with Gasteiger partial charge in [-0.25, -0.2) is 0 Å². The molecule has 2 atom stereocenters. The zero-order chi connectivity index (χ0) is 13.9. The van der Waals surface area contributed by atoms with Gasteiger partial charge in [0.15, 0.2) is 0 Å². The lowest BCUT2D eigenvalue weighted by Gasteiger charge is -2.32. The van der Waals surface area contributed by atoms with E-state index in [2.05, 4.69) is 39.9 Å². The SMILES string of the molecule is Cc1cc(C)n(CCCNC2CCN3CCCCC23)n1. The predicted molar refractivity (Wildman–Crippen MR) is 81.9 cm³/mol. The van der Waals surface area contributed by atoms with Crippen molar-refractivity contribution < 1.29 is 0 Å². The minimum absolute atomic E-state index is 0.732. The molecule has 1 aromatic heterocycles. The number of aromatic nitrogens is 2. The summed E-state index contributed by atoms with van der Waals surface area (Å²) in [5.74, 6) is 0. The lowest BCUT2D eigenvalue weighted by atomic mass is 9.99. The molecule has 1 N–H and O–H groups in total. The lowest BCUT2D eigenvalue weighted by Crippen LogP contribution is -2.45. The highest BCUT2D eigenvalue weighted by atomic mass is 15.3. The highest BCUT2D eigenvalue weighted by molar-refractivity contribution is 5.06. The van der Waals surface area contributed by atoms with Gasteiger partial charge in [0.25, 0.3) is 0 Å². The topological polar surface area (TPSA) is 33.1 Å². The largest absolute Gasteiger partial charge is 0.312 e. The fourth-order valence-electron chi connectivity index (χ4n) is 3.90. The Kier molecular flexibility index (Phi) is 4.41. The normalized spacial score (nSPS) is 26.9. The number of fused-ring (bicyclic) bond motifs is 1. The van der Waals surface area contributed by atoms with Crippen LogP contribution in [-0.2, 0) is 6.54 Å². The number of aryl methyl sites for hydroxylation is 3. The Labute approximate surface area is 122 Å². The average Bonchev–Trinajstić information content (AvgIpc) is 2.99. The van der Waals surface area contributed by atoms with Gasteiger partial charge in [-0.1, -0.05) is 6.42 Å². The standard InChI is InChI=1S/C16H28N4/c1-13-12-14(2)20(18-13)10-5-8-17-15-7-11-19-9-4-3-6-16(15)19/h12,15-17H,3-11H2,1-2H3. The van der Waals surface area contributed by atoms with E-state index in [-0.39, 0.29) is 0 Å². The Bertz CT molecular complexity index is 440. The Morgan fingerprint density at radius 2 is 2.15 bits per heavy atom. The molecule has 0 radical (unpaired) electrons. The molecule has 3 heterocycles. The van der Waals surface area contributed by atoms with E-state index < -0.39 is 0 Å². The summed E-state index contributed by atoms with van der Waals surface area (Å²) in [5, 5.41) is 8.32. The van der Waals surface area contributed by atoms with Crippen LogP contribution < -0.4 is 5.32 Å². The second kappa shape index (κ2) is 6.27. The number of piperidine rings is 1.